The summed E-state index contributed by atoms with van der Waals surface area (Å²) in [6, 6.07) is 4.03. The summed E-state index contributed by atoms with van der Waals surface area (Å²) in [6.07, 6.45) is 0. The van der Waals surface area contributed by atoms with Crippen LogP contribution in [0.15, 0.2) is 17.6 Å². The third-order valence-electron chi connectivity index (χ3n) is 2.22. The van der Waals surface area contributed by atoms with Gasteiger partial charge in [-0.3, -0.25) is 0 Å². The smallest absolute Gasteiger partial charge is 0.243 e. The third kappa shape index (κ3) is 1.85. The lowest BCUT2D eigenvalue weighted by atomic mass is 10.3. The van der Waals surface area contributed by atoms with Gasteiger partial charge in [0.1, 0.15) is 10.8 Å². The van der Waals surface area contributed by atoms with Gasteiger partial charge in [0.25, 0.3) is 0 Å². The summed E-state index contributed by atoms with van der Waals surface area (Å²) in [4.78, 5) is 4.44. The molecular weight excluding hydrogens is 242 g/mol. The van der Waals surface area contributed by atoms with Gasteiger partial charge in [0.15, 0.2) is 17.0 Å². The van der Waals surface area contributed by atoms with Crippen molar-refractivity contribution >= 4 is 30.5 Å². The van der Waals surface area contributed by atoms with Crippen molar-refractivity contribution in [3.63, 3.8) is 0 Å². The van der Waals surface area contributed by atoms with Crippen LogP contribution in [0, 0.1) is 0 Å². The molecule has 1 unspecified atom stereocenters. The molecule has 0 radical (unpaired) electrons. The Hall–Kier alpha value is -0.940. The summed E-state index contributed by atoms with van der Waals surface area (Å²) in [5.74, 6) is 2.57. The van der Waals surface area contributed by atoms with Gasteiger partial charge in [0.2, 0.25) is 10.2 Å². The first-order valence-corrected chi connectivity index (χ1v) is 7.76. The van der Waals surface area contributed by atoms with Crippen LogP contribution in [0.1, 0.15) is 6.92 Å². The predicted octanol–water partition coefficient (Wildman–Crippen LogP) is 3.52. The minimum atomic E-state index is 0.0651. The van der Waals surface area contributed by atoms with Gasteiger partial charge in [-0.1, -0.05) is 6.92 Å². The van der Waals surface area contributed by atoms with Crippen LogP contribution >= 0.6 is 20.3 Å². The number of hydrogen-bond acceptors (Lipinski definition) is 4. The fourth-order valence-corrected chi connectivity index (χ4v) is 4.71. The van der Waals surface area contributed by atoms with Crippen LogP contribution in [-0.4, -0.2) is 25.0 Å². The van der Waals surface area contributed by atoms with Crippen molar-refractivity contribution in [1.82, 2.24) is 4.98 Å². The van der Waals surface area contributed by atoms with E-state index >= 15 is 0 Å². The van der Waals surface area contributed by atoms with Gasteiger partial charge in [0, 0.05) is 11.8 Å². The molecule has 0 fully saturated rings. The number of nitrogens with zero attached hydrogens (tertiary/aromatic N) is 1. The van der Waals surface area contributed by atoms with Crippen LogP contribution in [-0.2, 0) is 0 Å². The predicted molar refractivity (Wildman–Crippen MR) is 70.9 cm³/mol. The van der Waals surface area contributed by atoms with Crippen LogP contribution < -0.4 is 9.47 Å². The highest BCUT2D eigenvalue weighted by atomic mass is 33.1. The van der Waals surface area contributed by atoms with Crippen molar-refractivity contribution in [1.29, 1.82) is 0 Å². The first-order valence-electron chi connectivity index (χ1n) is 4.97. The molecule has 1 atom stereocenters. The number of rotatable bonds is 4. The highest BCUT2D eigenvalue weighted by Gasteiger charge is 2.21. The Morgan fingerprint density at radius 2 is 2.12 bits per heavy atom. The van der Waals surface area contributed by atoms with E-state index in [4.69, 9.17) is 9.47 Å². The molecule has 0 saturated carbocycles. The largest absolute Gasteiger partial charge is 0.493 e. The minimum Gasteiger partial charge on any atom is -0.493 e. The second-order valence-electron chi connectivity index (χ2n) is 3.09. The zero-order chi connectivity index (χ0) is 11.5. The first-order chi connectivity index (χ1) is 7.81. The van der Waals surface area contributed by atoms with Crippen LogP contribution in [0.3, 0.4) is 0 Å². The lowest BCUT2D eigenvalue weighted by Gasteiger charge is -2.05. The SMILES string of the molecule is CCS[s+]1cnc2c(OC)c(OC)ccc21. The van der Waals surface area contributed by atoms with E-state index in [9.17, 15) is 0 Å². The summed E-state index contributed by atoms with van der Waals surface area (Å²) in [5.41, 5.74) is 2.92. The number of thiazole rings is 1. The second-order valence-corrected chi connectivity index (χ2v) is 6.93. The van der Waals surface area contributed by atoms with Gasteiger partial charge in [-0.2, -0.15) is 4.98 Å². The molecule has 1 aromatic carbocycles. The van der Waals surface area contributed by atoms with Gasteiger partial charge >= 0.3 is 0 Å². The average Bonchev–Trinajstić information content (AvgIpc) is 2.72. The van der Waals surface area contributed by atoms with Crippen LogP contribution in [0.25, 0.3) is 10.2 Å². The van der Waals surface area contributed by atoms with Crippen LogP contribution in [0.2, 0.25) is 0 Å². The Morgan fingerprint density at radius 1 is 1.31 bits per heavy atom. The summed E-state index contributed by atoms with van der Waals surface area (Å²) in [7, 11) is 5.25. The maximum absolute atomic E-state index is 5.36. The Bertz CT molecular complexity index is 496. The summed E-state index contributed by atoms with van der Waals surface area (Å²) < 4.78 is 11.9. The number of benzene rings is 1. The second kappa shape index (κ2) is 4.93. The van der Waals surface area contributed by atoms with Crippen molar-refractivity contribution in [2.45, 2.75) is 6.92 Å². The molecule has 86 valence electrons. The number of aromatic nitrogens is 1. The molecule has 0 aliphatic rings. The van der Waals surface area contributed by atoms with Crippen LogP contribution in [0.4, 0.5) is 0 Å². The number of ether oxygens (including phenoxy) is 2. The normalized spacial score (nSPS) is 11.8. The summed E-state index contributed by atoms with van der Waals surface area (Å²) in [6.45, 7) is 2.16. The topological polar surface area (TPSA) is 31.4 Å². The number of hydrogen-bond donors (Lipinski definition) is 0. The van der Waals surface area contributed by atoms with Gasteiger partial charge < -0.3 is 9.47 Å². The minimum absolute atomic E-state index is 0.0651. The van der Waals surface area contributed by atoms with Crippen molar-refractivity contribution in [3.8, 4) is 11.5 Å². The molecular formula is C11H14NO2S2+. The monoisotopic (exact) mass is 256 g/mol. The Labute approximate surface area is 101 Å². The maximum Gasteiger partial charge on any atom is 0.243 e. The molecule has 16 heavy (non-hydrogen) atoms. The lowest BCUT2D eigenvalue weighted by molar-refractivity contribution is 0.358. The summed E-state index contributed by atoms with van der Waals surface area (Å²) in [5, 5.41) is 0. The zero-order valence-corrected chi connectivity index (χ0v) is 11.2. The van der Waals surface area contributed by atoms with Crippen molar-refractivity contribution in [3.05, 3.63) is 17.6 Å². The fourth-order valence-electron chi connectivity index (χ4n) is 1.56. The van der Waals surface area contributed by atoms with Gasteiger partial charge in [-0.15, -0.1) is 0 Å². The molecule has 3 nitrogen and oxygen atoms in total. The molecule has 2 aromatic rings. The first kappa shape index (κ1) is 11.5. The van der Waals surface area contributed by atoms with Gasteiger partial charge in [-0.05, 0) is 6.07 Å². The Morgan fingerprint density at radius 3 is 2.75 bits per heavy atom. The van der Waals surface area contributed by atoms with E-state index in [2.05, 4.69) is 18.0 Å². The van der Waals surface area contributed by atoms with E-state index in [1.807, 2.05) is 22.4 Å². The molecule has 0 aliphatic heterocycles. The lowest BCUT2D eigenvalue weighted by Crippen LogP contribution is -1.90. The van der Waals surface area contributed by atoms with Crippen molar-refractivity contribution in [2.75, 3.05) is 20.0 Å². The molecule has 2 rings (SSSR count). The third-order valence-corrected chi connectivity index (χ3v) is 6.04. The fraction of sp³-hybridized carbons (Fsp3) is 0.364. The van der Waals surface area contributed by atoms with E-state index in [0.717, 1.165) is 22.8 Å². The maximum atomic E-state index is 5.36. The van der Waals surface area contributed by atoms with Crippen molar-refractivity contribution < 1.29 is 9.47 Å². The quantitative estimate of drug-likeness (QED) is 0.618. The Kier molecular flexibility index (Phi) is 3.56. The van der Waals surface area contributed by atoms with Gasteiger partial charge in [0.05, 0.1) is 23.7 Å². The average molecular weight is 256 g/mol. The molecule has 1 heterocycles. The Balaban J connectivity index is 2.61. The van der Waals surface area contributed by atoms with E-state index in [1.165, 1.54) is 4.70 Å². The summed E-state index contributed by atoms with van der Waals surface area (Å²) >= 11 is 0. The van der Waals surface area contributed by atoms with E-state index in [0.29, 0.717) is 0 Å². The molecule has 5 heteroatoms. The van der Waals surface area contributed by atoms with Crippen molar-refractivity contribution in [2.24, 2.45) is 0 Å². The van der Waals surface area contributed by atoms with Crippen LogP contribution in [0.5, 0.6) is 11.5 Å². The number of methoxy groups -OCH3 is 2. The molecule has 1 aromatic heterocycles. The molecule has 0 spiro atoms. The molecule has 0 amide bonds. The number of fused-ring (bicyclic) bond motifs is 1. The van der Waals surface area contributed by atoms with E-state index < -0.39 is 0 Å². The molecule has 0 bridgehead atoms. The zero-order valence-electron chi connectivity index (χ0n) is 9.52. The molecule has 0 saturated heterocycles. The van der Waals surface area contributed by atoms with Gasteiger partial charge in [-0.25, -0.2) is 0 Å². The highest BCUT2D eigenvalue weighted by molar-refractivity contribution is 8.46. The van der Waals surface area contributed by atoms with E-state index in [1.54, 1.807) is 14.2 Å². The van der Waals surface area contributed by atoms with E-state index in [-0.39, 0.29) is 9.50 Å². The molecule has 0 N–H and O–H groups in total. The molecule has 0 aliphatic carbocycles. The standard InChI is InChI=1S/C11H14NO2S2/c1-4-15-16-7-12-10-9(16)6-5-8(13-2)11(10)14-3/h5-7H,4H2,1-3H3/q+1. The highest BCUT2D eigenvalue weighted by Crippen LogP contribution is 2.45.